The Bertz CT molecular complexity index is 467. The highest BCUT2D eigenvalue weighted by Crippen LogP contribution is 2.39. The summed E-state index contributed by atoms with van der Waals surface area (Å²) in [6.07, 6.45) is 2.51. The van der Waals surface area contributed by atoms with Gasteiger partial charge in [0.05, 0.1) is 5.41 Å². The lowest BCUT2D eigenvalue weighted by Gasteiger charge is -2.24. The predicted molar refractivity (Wildman–Crippen MR) is 67.1 cm³/mol. The lowest BCUT2D eigenvalue weighted by Crippen LogP contribution is -2.35. The van der Waals surface area contributed by atoms with Gasteiger partial charge >= 0.3 is 0 Å². The molecule has 0 N–H and O–H groups in total. The highest BCUT2D eigenvalue weighted by Gasteiger charge is 2.45. The molecule has 1 atom stereocenters. The van der Waals surface area contributed by atoms with E-state index in [0.717, 1.165) is 12.0 Å². The molecule has 0 heterocycles. The molecule has 0 radical (unpaired) electrons. The van der Waals surface area contributed by atoms with Gasteiger partial charge in [-0.15, -0.1) is 0 Å². The summed E-state index contributed by atoms with van der Waals surface area (Å²) >= 11 is 5.92. The monoisotopic (exact) mass is 250 g/mol. The third kappa shape index (κ3) is 2.27. The smallest absolute Gasteiger partial charge is 0.146 e. The van der Waals surface area contributed by atoms with E-state index in [4.69, 9.17) is 11.6 Å². The Morgan fingerprint density at radius 1 is 1.47 bits per heavy atom. The first-order chi connectivity index (χ1) is 8.04. The summed E-state index contributed by atoms with van der Waals surface area (Å²) in [5.74, 6) is 0.0740. The number of Topliss-reactive ketones (excluding diaryl/α,β-unsaturated/α-hetero) is 2. The molecule has 1 aliphatic carbocycles. The summed E-state index contributed by atoms with van der Waals surface area (Å²) < 4.78 is 0. The molecule has 0 bridgehead atoms. The fourth-order valence-corrected chi connectivity index (χ4v) is 2.82. The molecule has 0 spiro atoms. The molecule has 17 heavy (non-hydrogen) atoms. The van der Waals surface area contributed by atoms with Crippen LogP contribution >= 0.6 is 11.6 Å². The Balaban J connectivity index is 2.31. The van der Waals surface area contributed by atoms with Crippen LogP contribution in [0.2, 0.25) is 5.02 Å². The van der Waals surface area contributed by atoms with E-state index in [-0.39, 0.29) is 11.6 Å². The van der Waals surface area contributed by atoms with E-state index in [9.17, 15) is 9.59 Å². The van der Waals surface area contributed by atoms with Crippen molar-refractivity contribution in [3.8, 4) is 0 Å². The molecule has 0 amide bonds. The standard InChI is InChI=1S/C14H15ClO2/c1-10(16)14(7-3-6-13(14)17)9-11-4-2-5-12(15)8-11/h2,4-5,8H,3,6-7,9H2,1H3. The maximum atomic E-state index is 12.0. The quantitative estimate of drug-likeness (QED) is 0.772. The van der Waals surface area contributed by atoms with Gasteiger partial charge in [-0.25, -0.2) is 0 Å². The van der Waals surface area contributed by atoms with Crippen LogP contribution in [0, 0.1) is 5.41 Å². The fraction of sp³-hybridized carbons (Fsp3) is 0.429. The lowest BCUT2D eigenvalue weighted by atomic mass is 9.76. The summed E-state index contributed by atoms with van der Waals surface area (Å²) in [4.78, 5) is 23.8. The minimum absolute atomic E-state index is 0.0139. The van der Waals surface area contributed by atoms with Crippen molar-refractivity contribution in [1.29, 1.82) is 0 Å². The van der Waals surface area contributed by atoms with Gasteiger partial charge in [0.15, 0.2) is 0 Å². The van der Waals surface area contributed by atoms with Gasteiger partial charge in [0.2, 0.25) is 0 Å². The van der Waals surface area contributed by atoms with Crippen molar-refractivity contribution in [2.45, 2.75) is 32.6 Å². The van der Waals surface area contributed by atoms with Crippen molar-refractivity contribution in [3.63, 3.8) is 0 Å². The van der Waals surface area contributed by atoms with Crippen LogP contribution in [0.4, 0.5) is 0 Å². The predicted octanol–water partition coefficient (Wildman–Crippen LogP) is 3.21. The zero-order valence-electron chi connectivity index (χ0n) is 9.83. The zero-order chi connectivity index (χ0) is 12.5. The molecule has 0 aromatic heterocycles. The first-order valence-electron chi connectivity index (χ1n) is 5.83. The van der Waals surface area contributed by atoms with Gasteiger partial charge in [-0.1, -0.05) is 23.7 Å². The first-order valence-corrected chi connectivity index (χ1v) is 6.21. The molecule has 0 aliphatic heterocycles. The summed E-state index contributed by atoms with van der Waals surface area (Å²) in [7, 11) is 0. The Morgan fingerprint density at radius 2 is 2.24 bits per heavy atom. The average Bonchev–Trinajstić information content (AvgIpc) is 2.61. The molecule has 90 valence electrons. The third-order valence-electron chi connectivity index (χ3n) is 3.61. The molecule has 2 nitrogen and oxygen atoms in total. The normalized spacial score (nSPS) is 24.0. The van der Waals surface area contributed by atoms with Gasteiger partial charge in [0.1, 0.15) is 11.6 Å². The van der Waals surface area contributed by atoms with E-state index in [2.05, 4.69) is 0 Å². The van der Waals surface area contributed by atoms with Gasteiger partial charge in [-0.05, 0) is 43.9 Å². The Hall–Kier alpha value is -1.15. The van der Waals surface area contributed by atoms with Crippen LogP contribution < -0.4 is 0 Å². The molecule has 1 fully saturated rings. The molecular weight excluding hydrogens is 236 g/mol. The van der Waals surface area contributed by atoms with Gasteiger partial charge in [-0.3, -0.25) is 9.59 Å². The van der Waals surface area contributed by atoms with Crippen LogP contribution in [0.3, 0.4) is 0 Å². The Kier molecular flexibility index (Phi) is 3.34. The zero-order valence-corrected chi connectivity index (χ0v) is 10.6. The number of hydrogen-bond acceptors (Lipinski definition) is 2. The van der Waals surface area contributed by atoms with Crippen molar-refractivity contribution in [2.24, 2.45) is 5.41 Å². The van der Waals surface area contributed by atoms with E-state index in [1.807, 2.05) is 18.2 Å². The van der Waals surface area contributed by atoms with Crippen LogP contribution in [0.5, 0.6) is 0 Å². The SMILES string of the molecule is CC(=O)C1(Cc2cccc(Cl)c2)CCCC1=O. The van der Waals surface area contributed by atoms with Crippen LogP contribution in [-0.4, -0.2) is 11.6 Å². The lowest BCUT2D eigenvalue weighted by molar-refractivity contribution is -0.137. The van der Waals surface area contributed by atoms with Crippen LogP contribution in [0.25, 0.3) is 0 Å². The number of rotatable bonds is 3. The molecule has 3 heteroatoms. The first kappa shape index (κ1) is 12.3. The molecule has 1 aliphatic rings. The van der Waals surface area contributed by atoms with Gasteiger partial charge < -0.3 is 0 Å². The average molecular weight is 251 g/mol. The Labute approximate surface area is 106 Å². The third-order valence-corrected chi connectivity index (χ3v) is 3.85. The molecule has 2 rings (SSSR count). The summed E-state index contributed by atoms with van der Waals surface area (Å²) in [5.41, 5.74) is 0.174. The second-order valence-electron chi connectivity index (χ2n) is 4.72. The largest absolute Gasteiger partial charge is 0.299 e. The molecular formula is C14H15ClO2. The number of hydrogen-bond donors (Lipinski definition) is 0. The maximum absolute atomic E-state index is 12.0. The fourth-order valence-electron chi connectivity index (χ4n) is 2.61. The van der Waals surface area contributed by atoms with E-state index >= 15 is 0 Å². The highest BCUT2D eigenvalue weighted by molar-refractivity contribution is 6.30. The second-order valence-corrected chi connectivity index (χ2v) is 5.16. The van der Waals surface area contributed by atoms with Gasteiger partial charge in [-0.2, -0.15) is 0 Å². The molecule has 1 aromatic rings. The Morgan fingerprint density at radius 3 is 2.76 bits per heavy atom. The van der Waals surface area contributed by atoms with Crippen molar-refractivity contribution in [2.75, 3.05) is 0 Å². The van der Waals surface area contributed by atoms with Crippen LogP contribution in [0.1, 0.15) is 31.7 Å². The molecule has 0 saturated heterocycles. The summed E-state index contributed by atoms with van der Waals surface area (Å²) in [6.45, 7) is 1.52. The van der Waals surface area contributed by atoms with Crippen LogP contribution in [-0.2, 0) is 16.0 Å². The molecule has 1 unspecified atom stereocenters. The van der Waals surface area contributed by atoms with Gasteiger partial charge in [0.25, 0.3) is 0 Å². The number of carbonyl (C=O) groups excluding carboxylic acids is 2. The van der Waals surface area contributed by atoms with Crippen molar-refractivity contribution in [1.82, 2.24) is 0 Å². The molecule has 1 saturated carbocycles. The van der Waals surface area contributed by atoms with E-state index in [1.54, 1.807) is 6.07 Å². The minimum atomic E-state index is -0.787. The maximum Gasteiger partial charge on any atom is 0.146 e. The van der Waals surface area contributed by atoms with Gasteiger partial charge in [0, 0.05) is 11.4 Å². The topological polar surface area (TPSA) is 34.1 Å². The van der Waals surface area contributed by atoms with E-state index < -0.39 is 5.41 Å². The van der Waals surface area contributed by atoms with E-state index in [0.29, 0.717) is 24.3 Å². The summed E-state index contributed by atoms with van der Waals surface area (Å²) in [5, 5.41) is 0.645. The minimum Gasteiger partial charge on any atom is -0.299 e. The number of halogens is 1. The highest BCUT2D eigenvalue weighted by atomic mass is 35.5. The second kappa shape index (κ2) is 4.61. The van der Waals surface area contributed by atoms with Crippen molar-refractivity contribution in [3.05, 3.63) is 34.9 Å². The van der Waals surface area contributed by atoms with Crippen molar-refractivity contribution >= 4 is 23.2 Å². The molecule has 1 aromatic carbocycles. The van der Waals surface area contributed by atoms with Crippen LogP contribution in [0.15, 0.2) is 24.3 Å². The summed E-state index contributed by atoms with van der Waals surface area (Å²) in [6, 6.07) is 7.40. The van der Waals surface area contributed by atoms with E-state index in [1.165, 1.54) is 6.92 Å². The number of carbonyl (C=O) groups is 2. The number of benzene rings is 1. The number of ketones is 2. The van der Waals surface area contributed by atoms with Crippen molar-refractivity contribution < 1.29 is 9.59 Å².